The lowest BCUT2D eigenvalue weighted by molar-refractivity contribution is -0.121. The zero-order valence-corrected chi connectivity index (χ0v) is 22.3. The average molecular weight is 506 g/mol. The molecule has 3 heterocycles. The van der Waals surface area contributed by atoms with Crippen LogP contribution in [0.15, 0.2) is 35.1 Å². The van der Waals surface area contributed by atoms with Crippen molar-refractivity contribution in [2.45, 2.75) is 71.4 Å². The quantitative estimate of drug-likeness (QED) is 0.478. The van der Waals surface area contributed by atoms with Gasteiger partial charge in [0.1, 0.15) is 11.4 Å². The summed E-state index contributed by atoms with van der Waals surface area (Å²) in [5, 5.41) is 7.79. The maximum atomic E-state index is 13.5. The first-order valence-corrected chi connectivity index (χ1v) is 13.8. The molecule has 198 valence electrons. The van der Waals surface area contributed by atoms with Crippen LogP contribution in [0, 0.1) is 12.8 Å². The Morgan fingerprint density at radius 2 is 1.97 bits per heavy atom. The third-order valence-electron chi connectivity index (χ3n) is 8.31. The summed E-state index contributed by atoms with van der Waals surface area (Å²) in [7, 11) is 1.63. The van der Waals surface area contributed by atoms with Gasteiger partial charge >= 0.3 is 0 Å². The van der Waals surface area contributed by atoms with E-state index in [9.17, 15) is 9.59 Å². The molecule has 1 saturated carbocycles. The molecule has 2 aromatic heterocycles. The van der Waals surface area contributed by atoms with Crippen molar-refractivity contribution < 1.29 is 9.53 Å². The fraction of sp³-hybridized carbons (Fsp3) is 0.552. The number of carbonyl (C=O) groups excluding carboxylic acids is 1. The minimum atomic E-state index is -0.158. The molecule has 0 radical (unpaired) electrons. The van der Waals surface area contributed by atoms with Gasteiger partial charge in [-0.15, -0.1) is 0 Å². The molecule has 1 N–H and O–H groups in total. The van der Waals surface area contributed by atoms with E-state index in [1.807, 2.05) is 37.3 Å². The lowest BCUT2D eigenvalue weighted by Crippen LogP contribution is -2.34. The number of rotatable bonds is 9. The van der Waals surface area contributed by atoms with Crippen LogP contribution in [0.25, 0.3) is 16.9 Å². The lowest BCUT2D eigenvalue weighted by Gasteiger charge is -2.23. The van der Waals surface area contributed by atoms with E-state index in [-0.39, 0.29) is 11.5 Å². The number of para-hydroxylation sites is 1. The second-order valence-corrected chi connectivity index (χ2v) is 10.5. The van der Waals surface area contributed by atoms with E-state index in [1.165, 1.54) is 30.2 Å². The van der Waals surface area contributed by atoms with Crippen molar-refractivity contribution in [2.75, 3.05) is 26.7 Å². The first-order chi connectivity index (χ1) is 18.0. The van der Waals surface area contributed by atoms with Crippen LogP contribution >= 0.6 is 0 Å². The molecule has 2 fully saturated rings. The lowest BCUT2D eigenvalue weighted by atomic mass is 10.1. The predicted octanol–water partition coefficient (Wildman–Crippen LogP) is 3.81. The zero-order chi connectivity index (χ0) is 25.9. The largest absolute Gasteiger partial charge is 0.496 e. The fourth-order valence-electron chi connectivity index (χ4n) is 6.22. The summed E-state index contributed by atoms with van der Waals surface area (Å²) in [6, 6.07) is 10.4. The molecule has 0 spiro atoms. The highest BCUT2D eigenvalue weighted by molar-refractivity contribution is 5.76. The minimum absolute atomic E-state index is 0.0106. The van der Waals surface area contributed by atoms with Crippen LogP contribution in [0.1, 0.15) is 56.7 Å². The number of hydrogen-bond acceptors (Lipinski definition) is 5. The minimum Gasteiger partial charge on any atom is -0.496 e. The predicted molar refractivity (Wildman–Crippen MR) is 145 cm³/mol. The van der Waals surface area contributed by atoms with Crippen molar-refractivity contribution in [2.24, 2.45) is 5.92 Å². The molecule has 3 aromatic rings. The number of nitrogens with one attached hydrogen (secondary N) is 1. The summed E-state index contributed by atoms with van der Waals surface area (Å²) >= 11 is 0. The number of hydrogen-bond donors (Lipinski definition) is 1. The van der Waals surface area contributed by atoms with Gasteiger partial charge in [-0.05, 0) is 64.1 Å². The number of aryl methyl sites for hydroxylation is 1. The van der Waals surface area contributed by atoms with Gasteiger partial charge in [0.05, 0.1) is 12.8 Å². The number of nitrogens with zero attached hydrogens (tertiary/aromatic N) is 4. The summed E-state index contributed by atoms with van der Waals surface area (Å²) in [5.41, 5.74) is 3.65. The summed E-state index contributed by atoms with van der Waals surface area (Å²) in [4.78, 5) is 28.8. The molecular formula is C29H39N5O3. The highest BCUT2D eigenvalue weighted by atomic mass is 16.5. The average Bonchev–Trinajstić information content (AvgIpc) is 3.68. The molecule has 0 bridgehead atoms. The SMILES string of the molecule is CCn1c(C)c(CCC(=O)NCC2CCN(C3CCCC3)C2)c(=O)n2nc(-c3ccccc3OC)cc12. The van der Waals surface area contributed by atoms with Gasteiger partial charge in [-0.25, -0.2) is 0 Å². The monoisotopic (exact) mass is 505 g/mol. The highest BCUT2D eigenvalue weighted by Crippen LogP contribution is 2.30. The first-order valence-electron chi connectivity index (χ1n) is 13.8. The molecule has 2 aliphatic rings. The van der Waals surface area contributed by atoms with Crippen LogP contribution in [0.3, 0.4) is 0 Å². The molecular weight excluding hydrogens is 466 g/mol. The number of likely N-dealkylation sites (tertiary alicyclic amines) is 1. The van der Waals surface area contributed by atoms with Gasteiger partial charge in [0, 0.05) is 55.0 Å². The molecule has 1 saturated heterocycles. The molecule has 5 rings (SSSR count). The van der Waals surface area contributed by atoms with Crippen LogP contribution in [0.5, 0.6) is 5.75 Å². The molecule has 1 unspecified atom stereocenters. The Morgan fingerprint density at radius 3 is 2.73 bits per heavy atom. The second kappa shape index (κ2) is 11.1. The van der Waals surface area contributed by atoms with E-state index in [0.29, 0.717) is 42.3 Å². The van der Waals surface area contributed by atoms with Crippen LogP contribution in [0.2, 0.25) is 0 Å². The van der Waals surface area contributed by atoms with E-state index in [4.69, 9.17) is 4.74 Å². The van der Waals surface area contributed by atoms with Crippen molar-refractivity contribution >= 4 is 11.6 Å². The molecule has 1 aliphatic carbocycles. The third-order valence-corrected chi connectivity index (χ3v) is 8.31. The van der Waals surface area contributed by atoms with Crippen LogP contribution in [-0.4, -0.2) is 57.8 Å². The van der Waals surface area contributed by atoms with Crippen LogP contribution in [-0.2, 0) is 17.8 Å². The Hall–Kier alpha value is -3.13. The van der Waals surface area contributed by atoms with Gasteiger partial charge in [0.25, 0.3) is 5.56 Å². The number of benzene rings is 1. The summed E-state index contributed by atoms with van der Waals surface area (Å²) in [6.45, 7) is 7.69. The Bertz CT molecular complexity index is 1320. The Labute approximate surface area is 218 Å². The van der Waals surface area contributed by atoms with E-state index in [2.05, 4.69) is 26.8 Å². The summed E-state index contributed by atoms with van der Waals surface area (Å²) in [5.74, 6) is 1.25. The smallest absolute Gasteiger partial charge is 0.277 e. The van der Waals surface area contributed by atoms with Gasteiger partial charge in [0.15, 0.2) is 0 Å². The normalized spacial score (nSPS) is 18.6. The number of ether oxygens (including phenoxy) is 1. The standard InChI is InChI=1S/C29H39N5O3/c1-4-33-20(2)23(13-14-27(35)30-18-21-15-16-32(19-21)22-9-5-6-10-22)29(36)34-28(33)17-25(31-34)24-11-7-8-12-26(24)37-3/h7-8,11-12,17,21-22H,4-6,9-10,13-16,18-19H2,1-3H3,(H,30,35). The second-order valence-electron chi connectivity index (χ2n) is 10.5. The number of fused-ring (bicyclic) bond motifs is 1. The Morgan fingerprint density at radius 1 is 1.19 bits per heavy atom. The first kappa shape index (κ1) is 25.5. The van der Waals surface area contributed by atoms with Gasteiger partial charge in [-0.1, -0.05) is 25.0 Å². The van der Waals surface area contributed by atoms with Gasteiger partial charge < -0.3 is 19.5 Å². The fourth-order valence-corrected chi connectivity index (χ4v) is 6.22. The summed E-state index contributed by atoms with van der Waals surface area (Å²) < 4.78 is 9.07. The highest BCUT2D eigenvalue weighted by Gasteiger charge is 2.30. The molecule has 8 nitrogen and oxygen atoms in total. The molecule has 1 aromatic carbocycles. The molecule has 1 amide bonds. The number of methoxy groups -OCH3 is 1. The van der Waals surface area contributed by atoms with Gasteiger partial charge in [-0.3, -0.25) is 9.59 Å². The van der Waals surface area contributed by atoms with Crippen molar-refractivity contribution in [1.29, 1.82) is 0 Å². The van der Waals surface area contributed by atoms with E-state index in [1.54, 1.807) is 7.11 Å². The molecule has 1 aliphatic heterocycles. The third kappa shape index (κ3) is 5.17. The summed E-state index contributed by atoms with van der Waals surface area (Å²) in [6.07, 6.45) is 7.22. The molecule has 1 atom stereocenters. The van der Waals surface area contributed by atoms with Crippen LogP contribution < -0.4 is 15.6 Å². The van der Waals surface area contributed by atoms with Crippen molar-refractivity contribution in [3.63, 3.8) is 0 Å². The van der Waals surface area contributed by atoms with E-state index >= 15 is 0 Å². The topological polar surface area (TPSA) is 80.9 Å². The maximum absolute atomic E-state index is 13.5. The van der Waals surface area contributed by atoms with E-state index in [0.717, 1.165) is 49.0 Å². The van der Waals surface area contributed by atoms with Crippen molar-refractivity contribution in [1.82, 2.24) is 24.4 Å². The number of amides is 1. The van der Waals surface area contributed by atoms with Gasteiger partial charge in [0.2, 0.25) is 5.91 Å². The zero-order valence-electron chi connectivity index (χ0n) is 22.3. The van der Waals surface area contributed by atoms with Crippen molar-refractivity contribution in [3.8, 4) is 17.0 Å². The van der Waals surface area contributed by atoms with Gasteiger partial charge in [-0.2, -0.15) is 9.61 Å². The van der Waals surface area contributed by atoms with E-state index < -0.39 is 0 Å². The van der Waals surface area contributed by atoms with Crippen LogP contribution in [0.4, 0.5) is 0 Å². The molecule has 37 heavy (non-hydrogen) atoms. The number of aromatic nitrogens is 3. The number of carbonyl (C=O) groups is 1. The Kier molecular flexibility index (Phi) is 7.65. The Balaban J connectivity index is 1.28. The maximum Gasteiger partial charge on any atom is 0.277 e. The molecule has 8 heteroatoms. The van der Waals surface area contributed by atoms with Crippen molar-refractivity contribution in [3.05, 3.63) is 51.9 Å².